The molecule has 0 fully saturated rings. The highest BCUT2D eigenvalue weighted by Gasteiger charge is 2.24. The van der Waals surface area contributed by atoms with Gasteiger partial charge in [0.05, 0.1) is 0 Å². The number of hydrogen-bond acceptors (Lipinski definition) is 3. The largest absolute Gasteiger partial charge is 0.478 e. The Bertz CT molecular complexity index is 389. The molecular formula is C10H9ClO4. The smallest absolute Gasteiger partial charge is 0.349 e. The van der Waals surface area contributed by atoms with E-state index in [4.69, 9.17) is 16.7 Å². The number of carboxylic acids is 1. The second-order valence-corrected chi connectivity index (χ2v) is 3.26. The van der Waals surface area contributed by atoms with Gasteiger partial charge in [0.25, 0.3) is 0 Å². The van der Waals surface area contributed by atoms with Crippen LogP contribution in [0.5, 0.6) is 0 Å². The summed E-state index contributed by atoms with van der Waals surface area (Å²) in [6, 6.07) is 6.33. The van der Waals surface area contributed by atoms with Crippen LogP contribution in [0.2, 0.25) is 5.02 Å². The van der Waals surface area contributed by atoms with Crippen molar-refractivity contribution in [3.05, 3.63) is 34.9 Å². The molecule has 0 bridgehead atoms. The maximum Gasteiger partial charge on any atom is 0.349 e. The molecule has 1 rings (SSSR count). The molecule has 80 valence electrons. The molecule has 0 radical (unpaired) electrons. The third kappa shape index (κ3) is 2.95. The van der Waals surface area contributed by atoms with Gasteiger partial charge in [-0.1, -0.05) is 29.8 Å². The zero-order valence-corrected chi connectivity index (χ0v) is 8.69. The lowest BCUT2D eigenvalue weighted by atomic mass is 10.1. The number of carbonyl (C=O) groups excluding carboxylic acids is 1. The fourth-order valence-corrected chi connectivity index (χ4v) is 1.34. The van der Waals surface area contributed by atoms with Gasteiger partial charge in [-0.3, -0.25) is 4.79 Å². The Kier molecular flexibility index (Phi) is 3.68. The molecule has 0 saturated carbocycles. The van der Waals surface area contributed by atoms with E-state index in [0.717, 1.165) is 6.92 Å². The van der Waals surface area contributed by atoms with Crippen LogP contribution in [0.4, 0.5) is 0 Å². The van der Waals surface area contributed by atoms with Gasteiger partial charge >= 0.3 is 11.9 Å². The highest BCUT2D eigenvalue weighted by atomic mass is 35.5. The maximum absolute atomic E-state index is 10.9. The predicted octanol–water partition coefficient (Wildman–Crippen LogP) is 2.03. The Balaban J connectivity index is 3.04. The van der Waals surface area contributed by atoms with Crippen molar-refractivity contribution in [3.8, 4) is 0 Å². The Morgan fingerprint density at radius 1 is 1.40 bits per heavy atom. The van der Waals surface area contributed by atoms with Gasteiger partial charge in [0.1, 0.15) is 0 Å². The molecular weight excluding hydrogens is 220 g/mol. The van der Waals surface area contributed by atoms with Crippen molar-refractivity contribution in [2.24, 2.45) is 0 Å². The molecule has 0 spiro atoms. The number of carboxylic acid groups (broad SMARTS) is 1. The normalized spacial score (nSPS) is 11.9. The molecule has 0 aliphatic heterocycles. The molecule has 1 aromatic rings. The molecule has 4 nitrogen and oxygen atoms in total. The minimum absolute atomic E-state index is 0.256. The number of aliphatic carboxylic acids is 1. The van der Waals surface area contributed by atoms with Gasteiger partial charge in [0.2, 0.25) is 6.10 Å². The number of rotatable bonds is 3. The Hall–Kier alpha value is -1.55. The monoisotopic (exact) mass is 228 g/mol. The lowest BCUT2D eigenvalue weighted by Gasteiger charge is -2.13. The minimum atomic E-state index is -1.35. The molecule has 1 N–H and O–H groups in total. The van der Waals surface area contributed by atoms with Crippen molar-refractivity contribution in [3.63, 3.8) is 0 Å². The van der Waals surface area contributed by atoms with Gasteiger partial charge in [-0.05, 0) is 6.07 Å². The van der Waals surface area contributed by atoms with Crippen LogP contribution in [0.3, 0.4) is 0 Å². The van der Waals surface area contributed by atoms with Crippen molar-refractivity contribution in [1.82, 2.24) is 0 Å². The first kappa shape index (κ1) is 11.5. The average Bonchev–Trinajstić information content (AvgIpc) is 2.15. The van der Waals surface area contributed by atoms with E-state index in [1.54, 1.807) is 12.1 Å². The van der Waals surface area contributed by atoms with Gasteiger partial charge in [-0.15, -0.1) is 0 Å². The molecule has 5 heteroatoms. The first-order chi connectivity index (χ1) is 7.02. The fourth-order valence-electron chi connectivity index (χ4n) is 1.10. The third-order valence-electron chi connectivity index (χ3n) is 1.70. The highest BCUT2D eigenvalue weighted by molar-refractivity contribution is 6.31. The molecule has 0 aromatic heterocycles. The highest BCUT2D eigenvalue weighted by Crippen LogP contribution is 2.25. The first-order valence-corrected chi connectivity index (χ1v) is 4.54. The van der Waals surface area contributed by atoms with Gasteiger partial charge in [-0.2, -0.15) is 0 Å². The van der Waals surface area contributed by atoms with E-state index in [9.17, 15) is 9.59 Å². The van der Waals surface area contributed by atoms with Crippen molar-refractivity contribution in [1.29, 1.82) is 0 Å². The van der Waals surface area contributed by atoms with Crippen LogP contribution < -0.4 is 0 Å². The van der Waals surface area contributed by atoms with Crippen LogP contribution in [0.15, 0.2) is 24.3 Å². The SMILES string of the molecule is CC(=O)O[C@@H](C(=O)O)c1ccccc1Cl. The molecule has 0 unspecified atom stereocenters. The van der Waals surface area contributed by atoms with E-state index in [0.29, 0.717) is 0 Å². The lowest BCUT2D eigenvalue weighted by molar-refractivity contribution is -0.163. The fraction of sp³-hybridized carbons (Fsp3) is 0.200. The Morgan fingerprint density at radius 3 is 2.47 bits per heavy atom. The minimum Gasteiger partial charge on any atom is -0.478 e. The molecule has 0 amide bonds. The van der Waals surface area contributed by atoms with Gasteiger partial charge in [-0.25, -0.2) is 4.79 Å². The summed E-state index contributed by atoms with van der Waals surface area (Å²) in [5, 5.41) is 9.12. The maximum atomic E-state index is 10.9. The van der Waals surface area contributed by atoms with Gasteiger partial charge < -0.3 is 9.84 Å². The topological polar surface area (TPSA) is 63.6 Å². The summed E-state index contributed by atoms with van der Waals surface area (Å²) < 4.78 is 4.66. The zero-order valence-electron chi connectivity index (χ0n) is 7.94. The molecule has 0 aliphatic carbocycles. The zero-order chi connectivity index (χ0) is 11.4. The van der Waals surface area contributed by atoms with Crippen LogP contribution in [0, 0.1) is 0 Å². The molecule has 0 aliphatic rings. The van der Waals surface area contributed by atoms with Crippen LogP contribution in [-0.4, -0.2) is 17.0 Å². The second-order valence-electron chi connectivity index (χ2n) is 2.85. The molecule has 0 heterocycles. The van der Waals surface area contributed by atoms with E-state index in [1.807, 2.05) is 0 Å². The number of ether oxygens (including phenoxy) is 1. The molecule has 1 atom stereocenters. The molecule has 0 saturated heterocycles. The van der Waals surface area contributed by atoms with Crippen molar-refractivity contribution in [2.75, 3.05) is 0 Å². The quantitative estimate of drug-likeness (QED) is 0.804. The Morgan fingerprint density at radius 2 is 2.00 bits per heavy atom. The standard InChI is InChI=1S/C10H9ClO4/c1-6(12)15-9(10(13)14)7-4-2-3-5-8(7)11/h2-5,9H,1H3,(H,13,14)/t9-/m1/s1. The number of esters is 1. The van der Waals surface area contributed by atoms with Crippen molar-refractivity contribution in [2.45, 2.75) is 13.0 Å². The van der Waals surface area contributed by atoms with E-state index >= 15 is 0 Å². The first-order valence-electron chi connectivity index (χ1n) is 4.17. The summed E-state index contributed by atoms with van der Waals surface area (Å²) in [5.41, 5.74) is 0.266. The van der Waals surface area contributed by atoms with Crippen LogP contribution in [0.25, 0.3) is 0 Å². The summed E-state index contributed by atoms with van der Waals surface area (Å²) >= 11 is 5.79. The van der Waals surface area contributed by atoms with Crippen LogP contribution in [-0.2, 0) is 14.3 Å². The summed E-state index contributed by atoms with van der Waals surface area (Å²) in [6.07, 6.45) is -1.35. The van der Waals surface area contributed by atoms with Gasteiger partial charge in [0.15, 0.2) is 0 Å². The van der Waals surface area contributed by atoms with Crippen molar-refractivity contribution < 1.29 is 19.4 Å². The molecule has 1 aromatic carbocycles. The summed E-state index contributed by atoms with van der Waals surface area (Å²) in [5.74, 6) is -1.92. The summed E-state index contributed by atoms with van der Waals surface area (Å²) in [4.78, 5) is 21.6. The number of benzene rings is 1. The van der Waals surface area contributed by atoms with E-state index in [1.165, 1.54) is 12.1 Å². The van der Waals surface area contributed by atoms with E-state index < -0.39 is 18.0 Å². The van der Waals surface area contributed by atoms with E-state index in [2.05, 4.69) is 4.74 Å². The second kappa shape index (κ2) is 4.79. The lowest BCUT2D eigenvalue weighted by Crippen LogP contribution is -2.18. The Labute approximate surface area is 91.4 Å². The van der Waals surface area contributed by atoms with Crippen LogP contribution in [0.1, 0.15) is 18.6 Å². The number of carbonyl (C=O) groups is 2. The number of hydrogen-bond donors (Lipinski definition) is 1. The van der Waals surface area contributed by atoms with E-state index in [-0.39, 0.29) is 10.6 Å². The summed E-state index contributed by atoms with van der Waals surface area (Å²) in [7, 11) is 0. The summed E-state index contributed by atoms with van der Waals surface area (Å²) in [6.45, 7) is 1.15. The van der Waals surface area contributed by atoms with Crippen molar-refractivity contribution >= 4 is 23.5 Å². The van der Waals surface area contributed by atoms with Gasteiger partial charge in [0, 0.05) is 17.5 Å². The van der Waals surface area contributed by atoms with Crippen LogP contribution >= 0.6 is 11.6 Å². The molecule has 15 heavy (non-hydrogen) atoms. The predicted molar refractivity (Wildman–Crippen MR) is 53.6 cm³/mol. The average molecular weight is 229 g/mol. The number of halogens is 1. The third-order valence-corrected chi connectivity index (χ3v) is 2.04.